The number of carbonyl (C=O) groups excluding carboxylic acids is 1. The highest BCUT2D eigenvalue weighted by atomic mass is 16.2. The van der Waals surface area contributed by atoms with Crippen LogP contribution in [0.1, 0.15) is 34.1 Å². The topological polar surface area (TPSA) is 46.3 Å². The molecule has 0 aromatic rings. The molecule has 1 heterocycles. The summed E-state index contributed by atoms with van der Waals surface area (Å²) in [7, 11) is 0. The van der Waals surface area contributed by atoms with Gasteiger partial charge >= 0.3 is 0 Å². The van der Waals surface area contributed by atoms with Gasteiger partial charge in [-0.05, 0) is 25.2 Å². The molecule has 1 saturated heterocycles. The van der Waals surface area contributed by atoms with E-state index < -0.39 is 0 Å². The Balaban J connectivity index is 2.62. The summed E-state index contributed by atoms with van der Waals surface area (Å²) in [5, 5.41) is 0. The number of likely N-dealkylation sites (tertiary alicyclic amines) is 1. The molecular weight excluding hydrogens is 176 g/mol. The van der Waals surface area contributed by atoms with Crippen molar-refractivity contribution in [2.24, 2.45) is 17.6 Å². The zero-order chi connectivity index (χ0) is 10.9. The van der Waals surface area contributed by atoms with E-state index >= 15 is 0 Å². The summed E-state index contributed by atoms with van der Waals surface area (Å²) >= 11 is 0. The number of nitrogens with two attached hydrogens (primary N) is 1. The van der Waals surface area contributed by atoms with Crippen LogP contribution in [-0.4, -0.2) is 29.4 Å². The summed E-state index contributed by atoms with van der Waals surface area (Å²) in [5.41, 5.74) is 5.86. The van der Waals surface area contributed by atoms with E-state index in [0.29, 0.717) is 12.0 Å². The van der Waals surface area contributed by atoms with Crippen LogP contribution in [0.3, 0.4) is 0 Å². The van der Waals surface area contributed by atoms with Gasteiger partial charge in [0.05, 0.1) is 6.04 Å². The number of hydrogen-bond acceptors (Lipinski definition) is 2. The van der Waals surface area contributed by atoms with Crippen LogP contribution in [0.2, 0.25) is 0 Å². The molecule has 1 aliphatic rings. The zero-order valence-electron chi connectivity index (χ0n) is 9.66. The first kappa shape index (κ1) is 11.5. The molecule has 0 aromatic heterocycles. The van der Waals surface area contributed by atoms with Gasteiger partial charge in [0.25, 0.3) is 0 Å². The highest BCUT2D eigenvalue weighted by Crippen LogP contribution is 2.24. The van der Waals surface area contributed by atoms with Crippen molar-refractivity contribution in [1.29, 1.82) is 0 Å². The van der Waals surface area contributed by atoms with Crippen molar-refractivity contribution in [3.8, 4) is 0 Å². The van der Waals surface area contributed by atoms with Crippen molar-refractivity contribution >= 4 is 5.91 Å². The van der Waals surface area contributed by atoms with Gasteiger partial charge in [0.2, 0.25) is 5.91 Å². The predicted molar refractivity (Wildman–Crippen MR) is 57.8 cm³/mol. The first-order chi connectivity index (χ1) is 6.45. The number of amides is 1. The second-order valence-electron chi connectivity index (χ2n) is 4.81. The Morgan fingerprint density at radius 1 is 1.43 bits per heavy atom. The maximum absolute atomic E-state index is 11.9. The van der Waals surface area contributed by atoms with E-state index in [1.54, 1.807) is 0 Å². The van der Waals surface area contributed by atoms with Gasteiger partial charge in [0, 0.05) is 12.6 Å². The summed E-state index contributed by atoms with van der Waals surface area (Å²) in [6, 6.07) is 0.0232. The molecule has 0 aliphatic carbocycles. The molecule has 2 N–H and O–H groups in total. The molecule has 82 valence electrons. The molecule has 3 nitrogen and oxygen atoms in total. The molecule has 3 atom stereocenters. The lowest BCUT2D eigenvalue weighted by Gasteiger charge is -2.27. The van der Waals surface area contributed by atoms with Gasteiger partial charge in [-0.15, -0.1) is 0 Å². The Bertz CT molecular complexity index is 215. The van der Waals surface area contributed by atoms with Gasteiger partial charge in [-0.25, -0.2) is 0 Å². The molecular formula is C11H22N2O. The first-order valence-corrected chi connectivity index (χ1v) is 5.51. The minimum Gasteiger partial charge on any atom is -0.338 e. The Morgan fingerprint density at radius 2 is 2.00 bits per heavy atom. The molecule has 1 rings (SSSR count). The predicted octanol–water partition coefficient (Wildman–Crippen LogP) is 1.23. The van der Waals surface area contributed by atoms with Gasteiger partial charge in [-0.1, -0.05) is 20.8 Å². The monoisotopic (exact) mass is 198 g/mol. The zero-order valence-corrected chi connectivity index (χ0v) is 9.66. The smallest absolute Gasteiger partial charge is 0.239 e. The Morgan fingerprint density at radius 3 is 2.36 bits per heavy atom. The lowest BCUT2D eigenvalue weighted by molar-refractivity contribution is -0.134. The molecule has 2 unspecified atom stereocenters. The molecule has 0 radical (unpaired) electrons. The number of rotatable bonds is 2. The van der Waals surface area contributed by atoms with Crippen LogP contribution >= 0.6 is 0 Å². The molecule has 0 aromatic carbocycles. The normalized spacial score (nSPS) is 29.7. The Kier molecular flexibility index (Phi) is 3.53. The minimum atomic E-state index is -0.331. The fourth-order valence-corrected chi connectivity index (χ4v) is 1.88. The highest BCUT2D eigenvalue weighted by molar-refractivity contribution is 5.82. The summed E-state index contributed by atoms with van der Waals surface area (Å²) in [6.07, 6.45) is 1.11. The lowest BCUT2D eigenvalue weighted by atomic mass is 10.0. The number of nitrogens with zero attached hydrogens (tertiary/aromatic N) is 1. The summed E-state index contributed by atoms with van der Waals surface area (Å²) in [4.78, 5) is 13.9. The van der Waals surface area contributed by atoms with Crippen LogP contribution < -0.4 is 5.73 Å². The van der Waals surface area contributed by atoms with Crippen LogP contribution in [0.5, 0.6) is 0 Å². The number of carbonyl (C=O) groups is 1. The van der Waals surface area contributed by atoms with Gasteiger partial charge in [0.1, 0.15) is 0 Å². The first-order valence-electron chi connectivity index (χ1n) is 5.51. The van der Waals surface area contributed by atoms with Crippen LogP contribution in [0.15, 0.2) is 0 Å². The van der Waals surface area contributed by atoms with Crippen LogP contribution in [0.4, 0.5) is 0 Å². The maximum atomic E-state index is 11.9. The van der Waals surface area contributed by atoms with E-state index in [9.17, 15) is 4.79 Å². The third-order valence-corrected chi connectivity index (χ3v) is 3.43. The Hall–Kier alpha value is -0.570. The fourth-order valence-electron chi connectivity index (χ4n) is 1.88. The van der Waals surface area contributed by atoms with Gasteiger partial charge in [0.15, 0.2) is 0 Å². The molecule has 1 amide bonds. The summed E-state index contributed by atoms with van der Waals surface area (Å²) < 4.78 is 0. The van der Waals surface area contributed by atoms with Crippen molar-refractivity contribution in [3.05, 3.63) is 0 Å². The van der Waals surface area contributed by atoms with Crippen LogP contribution in [0.25, 0.3) is 0 Å². The van der Waals surface area contributed by atoms with Crippen molar-refractivity contribution in [3.63, 3.8) is 0 Å². The van der Waals surface area contributed by atoms with Crippen LogP contribution in [0, 0.1) is 11.8 Å². The van der Waals surface area contributed by atoms with Gasteiger partial charge in [-0.3, -0.25) is 4.79 Å². The fraction of sp³-hybridized carbons (Fsp3) is 0.909. The van der Waals surface area contributed by atoms with E-state index in [1.807, 2.05) is 18.7 Å². The van der Waals surface area contributed by atoms with Crippen LogP contribution in [-0.2, 0) is 4.79 Å². The van der Waals surface area contributed by atoms with E-state index in [1.165, 1.54) is 0 Å². The highest BCUT2D eigenvalue weighted by Gasteiger charge is 2.33. The minimum absolute atomic E-state index is 0.122. The second kappa shape index (κ2) is 4.30. The van der Waals surface area contributed by atoms with Crippen molar-refractivity contribution < 1.29 is 4.79 Å². The summed E-state index contributed by atoms with van der Waals surface area (Å²) in [5.74, 6) is 0.959. The van der Waals surface area contributed by atoms with Crippen molar-refractivity contribution in [1.82, 2.24) is 4.90 Å². The molecule has 0 spiro atoms. The molecule has 3 heteroatoms. The van der Waals surface area contributed by atoms with E-state index in [2.05, 4.69) is 13.8 Å². The third kappa shape index (κ3) is 2.08. The second-order valence-corrected chi connectivity index (χ2v) is 4.81. The van der Waals surface area contributed by atoms with Crippen molar-refractivity contribution in [2.45, 2.75) is 46.2 Å². The van der Waals surface area contributed by atoms with Gasteiger partial charge < -0.3 is 10.6 Å². The molecule has 1 aliphatic heterocycles. The molecule has 14 heavy (non-hydrogen) atoms. The van der Waals surface area contributed by atoms with Gasteiger partial charge in [-0.2, -0.15) is 0 Å². The maximum Gasteiger partial charge on any atom is 0.239 e. The average molecular weight is 198 g/mol. The molecule has 0 saturated carbocycles. The molecule has 0 bridgehead atoms. The quantitative estimate of drug-likeness (QED) is 0.725. The van der Waals surface area contributed by atoms with E-state index in [-0.39, 0.29) is 17.9 Å². The van der Waals surface area contributed by atoms with E-state index in [0.717, 1.165) is 13.0 Å². The average Bonchev–Trinajstić information content (AvgIpc) is 2.45. The van der Waals surface area contributed by atoms with E-state index in [4.69, 9.17) is 5.73 Å². The SMILES string of the molecule is CC1CCN(C(=O)[C@H](N)C(C)C)C1C. The standard InChI is InChI=1S/C11H22N2O/c1-7(2)10(12)11(14)13-6-5-8(3)9(13)4/h7-10H,5-6,12H2,1-4H3/t8?,9?,10-/m1/s1. The lowest BCUT2D eigenvalue weighted by Crippen LogP contribution is -2.48. The largest absolute Gasteiger partial charge is 0.338 e. The number of hydrogen-bond donors (Lipinski definition) is 1. The third-order valence-electron chi connectivity index (χ3n) is 3.43. The summed E-state index contributed by atoms with van der Waals surface area (Å²) in [6.45, 7) is 9.17. The Labute approximate surface area is 86.6 Å². The van der Waals surface area contributed by atoms with Crippen molar-refractivity contribution in [2.75, 3.05) is 6.54 Å². The molecule has 1 fully saturated rings.